The van der Waals surface area contributed by atoms with Gasteiger partial charge in [0.1, 0.15) is 0 Å². The molecule has 12 heteroatoms. The van der Waals surface area contributed by atoms with Gasteiger partial charge in [0.05, 0.1) is 14.2 Å². The number of rotatable bonds is 10. The van der Waals surface area contributed by atoms with Crippen molar-refractivity contribution >= 4 is 75.7 Å². The average molecular weight is 708 g/mol. The number of hydrogen-bond acceptors (Lipinski definition) is 8. The number of benzene rings is 1. The number of anilines is 1. The number of thiazole rings is 1. The Morgan fingerprint density at radius 3 is 2.54 bits per heavy atom. The van der Waals surface area contributed by atoms with Crippen LogP contribution in [0.25, 0.3) is 12.2 Å². The summed E-state index contributed by atoms with van der Waals surface area (Å²) in [5.41, 5.74) is 3.64. The van der Waals surface area contributed by atoms with E-state index in [0.29, 0.717) is 28.4 Å². The second-order valence-corrected chi connectivity index (χ2v) is 16.6. The number of allylic oxidation sites excluding steroid dienone is 3. The first-order valence-electron chi connectivity index (χ1n) is 12.6. The molecule has 214 valence electrons. The SMILES string of the molecule is CCC(=Cc1sc2c([n+]1CC)[Te]C(C)C(C)=C2)C=C1Sc2cc(OC)c(OC)cc2N1CCCS(=O)(=O)O.[OH-]. The topological polar surface area (TPSA) is 110 Å². The molecule has 0 amide bonds. The molecule has 8 nitrogen and oxygen atoms in total. The molecule has 3 heterocycles. The van der Waals surface area contributed by atoms with E-state index in [1.165, 1.54) is 21.0 Å². The third-order valence-electron chi connectivity index (χ3n) is 6.59. The summed E-state index contributed by atoms with van der Waals surface area (Å²) < 4.78 is 47.9. The van der Waals surface area contributed by atoms with E-state index in [1.807, 2.05) is 23.5 Å². The van der Waals surface area contributed by atoms with Gasteiger partial charge in [0.15, 0.2) is 0 Å². The van der Waals surface area contributed by atoms with Crippen molar-refractivity contribution in [2.75, 3.05) is 31.4 Å². The minimum absolute atomic E-state index is 0. The zero-order chi connectivity index (χ0) is 27.6. The van der Waals surface area contributed by atoms with Gasteiger partial charge in [-0.1, -0.05) is 0 Å². The molecule has 1 unspecified atom stereocenters. The van der Waals surface area contributed by atoms with Crippen LogP contribution in [0.5, 0.6) is 11.5 Å². The smallest absolute Gasteiger partial charge is 0.870 e. The summed E-state index contributed by atoms with van der Waals surface area (Å²) in [5, 5.41) is 2.29. The van der Waals surface area contributed by atoms with Crippen molar-refractivity contribution in [1.82, 2.24) is 0 Å². The number of ether oxygens (including phenoxy) is 2. The molecule has 2 aliphatic heterocycles. The molecule has 0 radical (unpaired) electrons. The molecule has 1 aromatic carbocycles. The van der Waals surface area contributed by atoms with Crippen LogP contribution in [0.2, 0.25) is 3.97 Å². The van der Waals surface area contributed by atoms with Gasteiger partial charge in [-0.25, -0.2) is 0 Å². The van der Waals surface area contributed by atoms with Crippen LogP contribution in [-0.4, -0.2) is 65.9 Å². The third-order valence-corrected chi connectivity index (χ3v) is 13.9. The van der Waals surface area contributed by atoms with Gasteiger partial charge in [0.2, 0.25) is 0 Å². The molecule has 0 aliphatic carbocycles. The molecular formula is C27H36N2O6S3Te. The second-order valence-electron chi connectivity index (χ2n) is 9.13. The van der Waals surface area contributed by atoms with Crippen LogP contribution in [0.1, 0.15) is 50.4 Å². The van der Waals surface area contributed by atoms with E-state index in [9.17, 15) is 13.0 Å². The Bertz CT molecular complexity index is 1410. The normalized spacial score (nSPS) is 18.0. The van der Waals surface area contributed by atoms with Gasteiger partial charge >= 0.3 is 219 Å². The van der Waals surface area contributed by atoms with Crippen LogP contribution in [-0.2, 0) is 16.7 Å². The fourth-order valence-corrected chi connectivity index (χ4v) is 11.3. The Morgan fingerprint density at radius 1 is 1.23 bits per heavy atom. The first kappa shape index (κ1) is 32.0. The van der Waals surface area contributed by atoms with Gasteiger partial charge < -0.3 is 5.48 Å². The molecule has 0 saturated heterocycles. The molecule has 39 heavy (non-hydrogen) atoms. The molecule has 0 spiro atoms. The zero-order valence-electron chi connectivity index (χ0n) is 23.1. The molecule has 0 fully saturated rings. The van der Waals surface area contributed by atoms with E-state index in [4.69, 9.17) is 9.47 Å². The van der Waals surface area contributed by atoms with Crippen LogP contribution in [0.3, 0.4) is 0 Å². The number of fused-ring (bicyclic) bond motifs is 2. The maximum absolute atomic E-state index is 11.4. The number of nitrogens with zero attached hydrogens (tertiary/aromatic N) is 2. The van der Waals surface area contributed by atoms with E-state index in [1.54, 1.807) is 29.7 Å². The fraction of sp³-hybridized carbons (Fsp3) is 0.444. The van der Waals surface area contributed by atoms with Gasteiger partial charge in [0.25, 0.3) is 0 Å². The van der Waals surface area contributed by atoms with Crippen LogP contribution in [0.15, 0.2) is 39.3 Å². The Morgan fingerprint density at radius 2 is 1.92 bits per heavy atom. The molecule has 0 saturated carbocycles. The molecule has 1 aromatic heterocycles. The van der Waals surface area contributed by atoms with Gasteiger partial charge in [-0.2, -0.15) is 8.42 Å². The molecule has 2 aromatic rings. The third kappa shape index (κ3) is 7.22. The van der Waals surface area contributed by atoms with Gasteiger partial charge in [-0.15, -0.1) is 0 Å². The van der Waals surface area contributed by atoms with E-state index < -0.39 is 10.1 Å². The summed E-state index contributed by atoms with van der Waals surface area (Å²) in [4.78, 5) is 4.55. The minimum atomic E-state index is -4.03. The van der Waals surface area contributed by atoms with Crippen LogP contribution in [0.4, 0.5) is 5.69 Å². The molecular weight excluding hydrogens is 672 g/mol. The molecule has 1 atom stereocenters. The van der Waals surface area contributed by atoms with Gasteiger partial charge in [0, 0.05) is 0 Å². The molecule has 2 aliphatic rings. The summed E-state index contributed by atoms with van der Waals surface area (Å²) in [7, 11) is -0.810. The van der Waals surface area contributed by atoms with Crippen molar-refractivity contribution < 1.29 is 32.5 Å². The predicted octanol–water partition coefficient (Wildman–Crippen LogP) is 4.98. The van der Waals surface area contributed by atoms with Crippen LogP contribution in [0, 0.1) is 0 Å². The van der Waals surface area contributed by atoms with Crippen LogP contribution >= 0.6 is 23.1 Å². The van der Waals surface area contributed by atoms with E-state index in [2.05, 4.69) is 55.4 Å². The van der Waals surface area contributed by atoms with Crippen molar-refractivity contribution in [2.45, 2.75) is 55.9 Å². The van der Waals surface area contributed by atoms with E-state index >= 15 is 0 Å². The summed E-state index contributed by atoms with van der Waals surface area (Å²) >= 11 is 3.23. The zero-order valence-corrected chi connectivity index (χ0v) is 27.8. The number of methoxy groups -OCH3 is 2. The van der Waals surface area contributed by atoms with Crippen LogP contribution < -0.4 is 22.7 Å². The summed E-state index contributed by atoms with van der Waals surface area (Å²) in [5.74, 6) is 0.986. The quantitative estimate of drug-likeness (QED) is 0.209. The van der Waals surface area contributed by atoms with Crippen molar-refractivity contribution in [3.8, 4) is 11.5 Å². The first-order valence-corrected chi connectivity index (χ1v) is 18.3. The van der Waals surface area contributed by atoms with Gasteiger partial charge in [-0.3, -0.25) is 4.55 Å². The second kappa shape index (κ2) is 13.4. The monoisotopic (exact) mass is 710 g/mol. The summed E-state index contributed by atoms with van der Waals surface area (Å²) in [6.45, 7) is 10.4. The van der Waals surface area contributed by atoms with E-state index in [0.717, 1.165) is 28.6 Å². The van der Waals surface area contributed by atoms with Crippen molar-refractivity contribution in [3.05, 3.63) is 44.3 Å². The molecule has 2 N–H and O–H groups in total. The predicted molar refractivity (Wildman–Crippen MR) is 161 cm³/mol. The Labute approximate surface area is 249 Å². The summed E-state index contributed by atoms with van der Waals surface area (Å²) in [6.07, 6.45) is 8.04. The first-order chi connectivity index (χ1) is 18.1. The number of thioether (sulfide) groups is 1. The number of hydrogen-bond donors (Lipinski definition) is 1. The Hall–Kier alpha value is -1.52. The van der Waals surface area contributed by atoms with Gasteiger partial charge in [-0.05, 0) is 0 Å². The Kier molecular flexibility index (Phi) is 11.0. The van der Waals surface area contributed by atoms with Crippen molar-refractivity contribution in [1.29, 1.82) is 0 Å². The molecule has 4 rings (SSSR count). The number of aromatic nitrogens is 1. The van der Waals surface area contributed by atoms with E-state index in [-0.39, 0.29) is 32.2 Å². The maximum atomic E-state index is 11.4. The van der Waals surface area contributed by atoms with Crippen molar-refractivity contribution in [2.24, 2.45) is 0 Å². The average Bonchev–Trinajstić information content (AvgIpc) is 3.37. The molecule has 0 bridgehead atoms. The summed E-state index contributed by atoms with van der Waals surface area (Å²) in [6, 6.07) is 3.90. The standard InChI is InChI=1S/C27H34N2O5S3Te.H2O/c1-7-19(13-25-28(8-2)27-24(36-25)12-17(3)18(4)38-27)14-26-29(10-9-11-37(30,31)32)20-15-21(33-5)22(34-6)16-23(20)35-26;/h12-16,18H,7-11H2,1-6H3;1H2. The van der Waals surface area contributed by atoms with Crippen molar-refractivity contribution in [3.63, 3.8) is 0 Å². The minimum Gasteiger partial charge on any atom is -0.870 e. The Balaban J connectivity index is 0.00000420. The fourth-order valence-electron chi connectivity index (χ4n) is 4.38.